The van der Waals surface area contributed by atoms with E-state index in [1.807, 2.05) is 6.07 Å². The number of nitrogens with zero attached hydrogens (tertiary/aromatic N) is 3. The van der Waals surface area contributed by atoms with Gasteiger partial charge in [0, 0.05) is 18.6 Å². The average Bonchev–Trinajstić information content (AvgIpc) is 3.03. The molecule has 0 saturated carbocycles. The van der Waals surface area contributed by atoms with Crippen molar-refractivity contribution in [2.45, 2.75) is 0 Å². The van der Waals surface area contributed by atoms with Crippen LogP contribution in [0.1, 0.15) is 0 Å². The van der Waals surface area contributed by atoms with E-state index in [2.05, 4.69) is 26.1 Å². The molecule has 3 rings (SSSR count). The lowest BCUT2D eigenvalue weighted by Crippen LogP contribution is -1.88. The van der Waals surface area contributed by atoms with Crippen LogP contribution in [0.3, 0.4) is 0 Å². The Morgan fingerprint density at radius 3 is 2.94 bits per heavy atom. The number of imidazole rings is 1. The van der Waals surface area contributed by atoms with Gasteiger partial charge in [-0.3, -0.25) is 4.98 Å². The number of nitrogens with one attached hydrogen (secondary N) is 1. The fraction of sp³-hybridized carbons (Fsp3) is 0. The molecule has 1 radical (unpaired) electrons. The van der Waals surface area contributed by atoms with Crippen LogP contribution in [0.4, 0.5) is 0 Å². The molecule has 77 valence electrons. The molecular formula is C11H7N4O. The smallest absolute Gasteiger partial charge is 0.226 e. The first-order chi connectivity index (χ1) is 7.95. The molecule has 0 aliphatic rings. The van der Waals surface area contributed by atoms with Crippen molar-refractivity contribution in [3.63, 3.8) is 0 Å². The third kappa shape index (κ3) is 1.38. The lowest BCUT2D eigenvalue weighted by molar-refractivity contribution is 0.574. The maximum Gasteiger partial charge on any atom is 0.226 e. The van der Waals surface area contributed by atoms with Crippen molar-refractivity contribution in [3.05, 3.63) is 43.3 Å². The van der Waals surface area contributed by atoms with Crippen molar-refractivity contribution in [2.75, 3.05) is 0 Å². The maximum atomic E-state index is 5.26. The second-order valence-electron chi connectivity index (χ2n) is 3.12. The van der Waals surface area contributed by atoms with Gasteiger partial charge in [-0.1, -0.05) is 0 Å². The van der Waals surface area contributed by atoms with E-state index in [0.29, 0.717) is 11.7 Å². The average molecular weight is 211 g/mol. The summed E-state index contributed by atoms with van der Waals surface area (Å²) in [5.41, 5.74) is 1.56. The van der Waals surface area contributed by atoms with Crippen LogP contribution < -0.4 is 0 Å². The summed E-state index contributed by atoms with van der Waals surface area (Å²) in [5.74, 6) is 1.23. The molecular weight excluding hydrogens is 204 g/mol. The number of aromatic amines is 1. The van der Waals surface area contributed by atoms with Crippen molar-refractivity contribution >= 4 is 0 Å². The summed E-state index contributed by atoms with van der Waals surface area (Å²) in [7, 11) is 0. The Labute approximate surface area is 91.2 Å². The van der Waals surface area contributed by atoms with Crippen LogP contribution in [0.2, 0.25) is 0 Å². The molecule has 3 heterocycles. The Balaban J connectivity index is 2.19. The van der Waals surface area contributed by atoms with Crippen LogP contribution in [-0.4, -0.2) is 19.9 Å². The summed E-state index contributed by atoms with van der Waals surface area (Å²) < 4.78 is 5.26. The van der Waals surface area contributed by atoms with Gasteiger partial charge in [0.1, 0.15) is 18.3 Å². The van der Waals surface area contributed by atoms with Crippen LogP contribution in [0, 0.1) is 6.20 Å². The quantitative estimate of drug-likeness (QED) is 0.703. The van der Waals surface area contributed by atoms with Crippen LogP contribution in [-0.2, 0) is 0 Å². The summed E-state index contributed by atoms with van der Waals surface area (Å²) in [6.45, 7) is 0. The van der Waals surface area contributed by atoms with Gasteiger partial charge in [0.2, 0.25) is 5.89 Å². The Kier molecular flexibility index (Phi) is 2.00. The summed E-state index contributed by atoms with van der Waals surface area (Å²) >= 11 is 0. The topological polar surface area (TPSA) is 67.6 Å². The number of H-pyrrole nitrogens is 1. The van der Waals surface area contributed by atoms with E-state index in [0.717, 1.165) is 11.1 Å². The number of aromatic nitrogens is 4. The highest BCUT2D eigenvalue weighted by molar-refractivity contribution is 5.74. The van der Waals surface area contributed by atoms with E-state index in [-0.39, 0.29) is 0 Å². The third-order valence-corrected chi connectivity index (χ3v) is 2.16. The zero-order valence-corrected chi connectivity index (χ0v) is 8.21. The molecule has 5 heteroatoms. The molecule has 0 spiro atoms. The van der Waals surface area contributed by atoms with Crippen molar-refractivity contribution in [2.24, 2.45) is 0 Å². The molecule has 0 bridgehead atoms. The van der Waals surface area contributed by atoms with Crippen LogP contribution in [0.15, 0.2) is 41.5 Å². The molecule has 0 aliphatic heterocycles. The highest BCUT2D eigenvalue weighted by Gasteiger charge is 2.12. The van der Waals surface area contributed by atoms with E-state index in [1.165, 1.54) is 6.26 Å². The first-order valence-electron chi connectivity index (χ1n) is 4.71. The zero-order chi connectivity index (χ0) is 10.8. The largest absolute Gasteiger partial charge is 0.445 e. The fourth-order valence-electron chi connectivity index (χ4n) is 1.47. The lowest BCUT2D eigenvalue weighted by atomic mass is 10.1. The van der Waals surface area contributed by atoms with Gasteiger partial charge >= 0.3 is 0 Å². The first kappa shape index (κ1) is 8.84. The van der Waals surface area contributed by atoms with Crippen LogP contribution in [0.5, 0.6) is 0 Å². The Morgan fingerprint density at radius 1 is 1.19 bits per heavy atom. The Hall–Kier alpha value is -2.43. The first-order valence-corrected chi connectivity index (χ1v) is 4.71. The number of hydrogen-bond donors (Lipinski definition) is 1. The lowest BCUT2D eigenvalue weighted by Gasteiger charge is -2.01. The number of rotatable bonds is 2. The summed E-state index contributed by atoms with van der Waals surface area (Å²) in [6.07, 6.45) is 11.1. The molecule has 16 heavy (non-hydrogen) atoms. The monoisotopic (exact) mass is 211 g/mol. The van der Waals surface area contributed by atoms with E-state index in [9.17, 15) is 0 Å². The summed E-state index contributed by atoms with van der Waals surface area (Å²) in [6, 6.07) is 1.82. The molecule has 0 aliphatic carbocycles. The molecule has 0 unspecified atom stereocenters. The Morgan fingerprint density at radius 2 is 2.19 bits per heavy atom. The van der Waals surface area contributed by atoms with Crippen molar-refractivity contribution in [3.8, 4) is 22.8 Å². The normalized spacial score (nSPS) is 10.5. The minimum atomic E-state index is 0.532. The van der Waals surface area contributed by atoms with Crippen LogP contribution >= 0.6 is 0 Å². The molecule has 1 N–H and O–H groups in total. The van der Waals surface area contributed by atoms with Gasteiger partial charge in [-0.15, -0.1) is 0 Å². The highest BCUT2D eigenvalue weighted by atomic mass is 16.3. The van der Waals surface area contributed by atoms with E-state index in [4.69, 9.17) is 4.42 Å². The van der Waals surface area contributed by atoms with Gasteiger partial charge in [-0.05, 0) is 6.07 Å². The van der Waals surface area contributed by atoms with Gasteiger partial charge in [-0.2, -0.15) is 0 Å². The van der Waals surface area contributed by atoms with Gasteiger partial charge < -0.3 is 9.40 Å². The molecule has 0 saturated heterocycles. The van der Waals surface area contributed by atoms with Crippen LogP contribution in [0.25, 0.3) is 22.8 Å². The SMILES string of the molecule is [c]1nccc(-c2ncco2)c1-c1ncc[nH]1. The predicted molar refractivity (Wildman–Crippen MR) is 56.2 cm³/mol. The van der Waals surface area contributed by atoms with Crippen molar-refractivity contribution in [1.82, 2.24) is 19.9 Å². The van der Waals surface area contributed by atoms with Gasteiger partial charge in [0.25, 0.3) is 0 Å². The summed E-state index contributed by atoms with van der Waals surface area (Å²) in [5, 5.41) is 0. The van der Waals surface area contributed by atoms with Gasteiger partial charge in [0.05, 0.1) is 17.3 Å². The molecule has 0 atom stereocenters. The van der Waals surface area contributed by atoms with E-state index < -0.39 is 0 Å². The van der Waals surface area contributed by atoms with Crippen molar-refractivity contribution < 1.29 is 4.42 Å². The third-order valence-electron chi connectivity index (χ3n) is 2.16. The molecule has 5 nitrogen and oxygen atoms in total. The molecule has 0 fully saturated rings. The number of pyridine rings is 1. The maximum absolute atomic E-state index is 5.26. The van der Waals surface area contributed by atoms with Gasteiger partial charge in [-0.25, -0.2) is 9.97 Å². The molecule has 3 aromatic heterocycles. The number of hydrogen-bond acceptors (Lipinski definition) is 4. The Bertz CT molecular complexity index is 519. The minimum Gasteiger partial charge on any atom is -0.445 e. The van der Waals surface area contributed by atoms with Gasteiger partial charge in [0.15, 0.2) is 0 Å². The predicted octanol–water partition coefficient (Wildman–Crippen LogP) is 1.93. The second kappa shape index (κ2) is 3.62. The zero-order valence-electron chi connectivity index (χ0n) is 8.21. The molecule has 0 aromatic carbocycles. The van der Waals surface area contributed by atoms with E-state index in [1.54, 1.807) is 24.8 Å². The second-order valence-corrected chi connectivity index (χ2v) is 3.12. The van der Waals surface area contributed by atoms with E-state index >= 15 is 0 Å². The molecule has 3 aromatic rings. The van der Waals surface area contributed by atoms with Crippen molar-refractivity contribution in [1.29, 1.82) is 0 Å². The summed E-state index contributed by atoms with van der Waals surface area (Å²) in [4.78, 5) is 15.2. The standard InChI is InChI=1S/C11H7N4O/c1-2-12-7-9(10-13-3-4-14-10)8(1)11-15-5-6-16-11/h1-6H,(H,13,14). The number of oxazole rings is 1. The molecule has 0 amide bonds. The fourth-order valence-corrected chi connectivity index (χ4v) is 1.47. The highest BCUT2D eigenvalue weighted by Crippen LogP contribution is 2.27. The minimum absolute atomic E-state index is 0.532.